The molecule has 0 fully saturated rings. The van der Waals surface area contributed by atoms with E-state index in [0.29, 0.717) is 12.8 Å². The Morgan fingerprint density at radius 1 is 1.04 bits per heavy atom. The van der Waals surface area contributed by atoms with Gasteiger partial charge >= 0.3 is 0 Å². The van der Waals surface area contributed by atoms with Crippen molar-refractivity contribution in [3.8, 4) is 0 Å². The molecule has 0 aliphatic heterocycles. The van der Waals surface area contributed by atoms with Gasteiger partial charge in [0, 0.05) is 12.6 Å². The van der Waals surface area contributed by atoms with Crippen molar-refractivity contribution in [2.45, 2.75) is 38.3 Å². The van der Waals surface area contributed by atoms with Gasteiger partial charge in [0.15, 0.2) is 0 Å². The Morgan fingerprint density at radius 3 is 2.21 bits per heavy atom. The first-order chi connectivity index (χ1) is 13.0. The van der Waals surface area contributed by atoms with Crippen LogP contribution in [0.15, 0.2) is 30.3 Å². The van der Waals surface area contributed by atoms with Crippen LogP contribution in [-0.4, -0.2) is 53.9 Å². The summed E-state index contributed by atoms with van der Waals surface area (Å²) in [6, 6.07) is 8.45. The lowest BCUT2D eigenvalue weighted by atomic mass is 10.1. The summed E-state index contributed by atoms with van der Waals surface area (Å²) in [4.78, 5) is 12.5. The zero-order chi connectivity index (χ0) is 21.2. The Labute approximate surface area is 166 Å². The minimum Gasteiger partial charge on any atom is -0.352 e. The summed E-state index contributed by atoms with van der Waals surface area (Å²) < 4.78 is 53.1. The summed E-state index contributed by atoms with van der Waals surface area (Å²) in [5.41, 5.74) is 5.56. The minimum atomic E-state index is -3.80. The van der Waals surface area contributed by atoms with Gasteiger partial charge in [-0.2, -0.15) is 36.4 Å². The first kappa shape index (κ1) is 24.5. The molecule has 1 rings (SSSR count). The number of hydroxylamine groups is 2. The monoisotopic (exact) mass is 437 g/mol. The van der Waals surface area contributed by atoms with Gasteiger partial charge in [0.25, 0.3) is 20.2 Å². The van der Waals surface area contributed by atoms with Crippen LogP contribution >= 0.6 is 0 Å². The van der Waals surface area contributed by atoms with E-state index in [1.54, 1.807) is 0 Å². The first-order valence-electron chi connectivity index (χ1n) is 8.56. The Hall–Kier alpha value is -1.57. The fourth-order valence-electron chi connectivity index (χ4n) is 2.28. The number of benzene rings is 1. The van der Waals surface area contributed by atoms with Gasteiger partial charge in [-0.3, -0.25) is 4.79 Å². The summed E-state index contributed by atoms with van der Waals surface area (Å²) in [6.45, 7) is 1.97. The van der Waals surface area contributed by atoms with Crippen LogP contribution in [0.5, 0.6) is 0 Å². The van der Waals surface area contributed by atoms with Crippen LogP contribution in [0.25, 0.3) is 0 Å². The second-order valence-corrected chi connectivity index (χ2v) is 9.53. The topological polar surface area (TPSA) is 140 Å². The quantitative estimate of drug-likeness (QED) is 0.284. The van der Waals surface area contributed by atoms with Gasteiger partial charge in [0.05, 0.1) is 12.5 Å². The molecule has 0 aliphatic rings. The van der Waals surface area contributed by atoms with Gasteiger partial charge < -0.3 is 5.32 Å². The van der Waals surface area contributed by atoms with Gasteiger partial charge in [-0.15, -0.1) is 0 Å². The standard InChI is InChI=1S/C16H27N3O7S2/c1-13(12-14-8-5-4-6-9-14)18-16(20)15(19-26-28(3,23)24)10-7-11-17-25-27(2,21)22/h4-6,8-9,13,15,17,19H,7,10-12H2,1-3H3,(H,18,20). The molecule has 0 aliphatic carbocycles. The summed E-state index contributed by atoms with van der Waals surface area (Å²) in [5.74, 6) is -0.434. The second kappa shape index (κ2) is 11.4. The molecular weight excluding hydrogens is 410 g/mol. The highest BCUT2D eigenvalue weighted by Crippen LogP contribution is 2.05. The number of carbonyl (C=O) groups excluding carboxylic acids is 1. The molecule has 2 unspecified atom stereocenters. The molecule has 1 aromatic carbocycles. The Balaban J connectivity index is 2.57. The summed E-state index contributed by atoms with van der Waals surface area (Å²) in [5, 5.41) is 2.81. The molecule has 0 aromatic heterocycles. The molecule has 12 heteroatoms. The Kier molecular flexibility index (Phi) is 9.99. The highest BCUT2D eigenvalue weighted by Gasteiger charge is 2.22. The number of hydrogen-bond acceptors (Lipinski definition) is 9. The predicted octanol–water partition coefficient (Wildman–Crippen LogP) is -0.156. The molecule has 1 amide bonds. The van der Waals surface area contributed by atoms with Crippen molar-refractivity contribution >= 4 is 26.1 Å². The lowest BCUT2D eigenvalue weighted by Crippen LogP contribution is -2.48. The largest absolute Gasteiger partial charge is 0.352 e. The summed E-state index contributed by atoms with van der Waals surface area (Å²) in [7, 11) is -7.42. The smallest absolute Gasteiger partial charge is 0.280 e. The van der Waals surface area contributed by atoms with Crippen molar-refractivity contribution in [2.24, 2.45) is 0 Å². The predicted molar refractivity (Wildman–Crippen MR) is 104 cm³/mol. The highest BCUT2D eigenvalue weighted by atomic mass is 32.2. The minimum absolute atomic E-state index is 0.136. The van der Waals surface area contributed by atoms with Crippen LogP contribution in [0.2, 0.25) is 0 Å². The number of carbonyl (C=O) groups is 1. The molecule has 0 saturated carbocycles. The fraction of sp³-hybridized carbons (Fsp3) is 0.562. The zero-order valence-corrected chi connectivity index (χ0v) is 17.7. The highest BCUT2D eigenvalue weighted by molar-refractivity contribution is 7.86. The van der Waals surface area contributed by atoms with Crippen LogP contribution in [-0.2, 0) is 40.0 Å². The second-order valence-electron chi connectivity index (χ2n) is 6.38. The molecule has 0 bridgehead atoms. The van der Waals surface area contributed by atoms with E-state index in [2.05, 4.69) is 24.8 Å². The Bertz CT molecular complexity index is 814. The van der Waals surface area contributed by atoms with Gasteiger partial charge in [0.1, 0.15) is 6.04 Å². The van der Waals surface area contributed by atoms with Crippen LogP contribution in [0.3, 0.4) is 0 Å². The molecule has 10 nitrogen and oxygen atoms in total. The average molecular weight is 438 g/mol. The van der Waals surface area contributed by atoms with Crippen molar-refractivity contribution in [1.29, 1.82) is 0 Å². The van der Waals surface area contributed by atoms with E-state index in [0.717, 1.165) is 18.1 Å². The van der Waals surface area contributed by atoms with E-state index < -0.39 is 32.2 Å². The van der Waals surface area contributed by atoms with Gasteiger partial charge in [-0.25, -0.2) is 0 Å². The molecule has 1 aromatic rings. The van der Waals surface area contributed by atoms with Gasteiger partial charge in [-0.05, 0) is 31.7 Å². The summed E-state index contributed by atoms with van der Waals surface area (Å²) >= 11 is 0. The number of hydrogen-bond donors (Lipinski definition) is 3. The SMILES string of the molecule is CC(Cc1ccccc1)NC(=O)C(CCCNOS(C)(=O)=O)NOS(C)(=O)=O. The number of amides is 1. The van der Waals surface area contributed by atoms with E-state index in [9.17, 15) is 21.6 Å². The number of rotatable bonds is 13. The maximum absolute atomic E-state index is 12.5. The molecule has 0 radical (unpaired) electrons. The molecule has 3 N–H and O–H groups in total. The molecule has 160 valence electrons. The van der Waals surface area contributed by atoms with E-state index in [1.807, 2.05) is 37.3 Å². The fourth-order valence-corrected chi connectivity index (χ4v) is 2.87. The van der Waals surface area contributed by atoms with Crippen LogP contribution in [0.4, 0.5) is 0 Å². The Morgan fingerprint density at radius 2 is 1.64 bits per heavy atom. The average Bonchev–Trinajstić information content (AvgIpc) is 2.56. The zero-order valence-electron chi connectivity index (χ0n) is 16.0. The van der Waals surface area contributed by atoms with Crippen molar-refractivity contribution in [2.75, 3.05) is 19.1 Å². The molecule has 0 saturated heterocycles. The lowest BCUT2D eigenvalue weighted by Gasteiger charge is -2.20. The van der Waals surface area contributed by atoms with Crippen LogP contribution in [0.1, 0.15) is 25.3 Å². The molecule has 2 atom stereocenters. The van der Waals surface area contributed by atoms with Crippen molar-refractivity contribution < 1.29 is 30.2 Å². The normalized spacial score (nSPS) is 14.4. The lowest BCUT2D eigenvalue weighted by molar-refractivity contribution is -0.125. The molecule has 0 heterocycles. The van der Waals surface area contributed by atoms with Crippen molar-refractivity contribution in [3.63, 3.8) is 0 Å². The third-order valence-corrected chi connectivity index (χ3v) is 4.23. The number of nitrogens with one attached hydrogen (secondary N) is 3. The van der Waals surface area contributed by atoms with E-state index >= 15 is 0 Å². The van der Waals surface area contributed by atoms with E-state index in [4.69, 9.17) is 0 Å². The molecular formula is C16H27N3O7S2. The van der Waals surface area contributed by atoms with Crippen LogP contribution < -0.4 is 16.3 Å². The van der Waals surface area contributed by atoms with Crippen molar-refractivity contribution in [3.05, 3.63) is 35.9 Å². The maximum Gasteiger partial charge on any atom is 0.280 e. The third-order valence-electron chi connectivity index (χ3n) is 3.41. The van der Waals surface area contributed by atoms with Gasteiger partial charge in [0.2, 0.25) is 5.91 Å². The first-order valence-corrected chi connectivity index (χ1v) is 12.2. The third kappa shape index (κ3) is 12.0. The summed E-state index contributed by atoms with van der Waals surface area (Å²) in [6.07, 6.45) is 2.86. The van der Waals surface area contributed by atoms with E-state index in [1.165, 1.54) is 0 Å². The van der Waals surface area contributed by atoms with E-state index in [-0.39, 0.29) is 19.0 Å². The molecule has 0 spiro atoms. The molecule has 28 heavy (non-hydrogen) atoms. The maximum atomic E-state index is 12.5. The van der Waals surface area contributed by atoms with Crippen LogP contribution in [0, 0.1) is 0 Å². The van der Waals surface area contributed by atoms with Crippen molar-refractivity contribution in [1.82, 2.24) is 16.3 Å². The van der Waals surface area contributed by atoms with Gasteiger partial charge in [-0.1, -0.05) is 30.3 Å².